The third-order valence-corrected chi connectivity index (χ3v) is 40.3. The number of esters is 6. The average molecular weight is 1470 g/mol. The zero-order chi connectivity index (χ0) is 73.4. The maximum Gasteiger partial charge on any atom is 0.326 e. The van der Waals surface area contributed by atoms with Crippen LogP contribution in [0.25, 0.3) is 187 Å². The Bertz CT molecular complexity index is 8580. The molecule has 43 rings (SSSR count). The van der Waals surface area contributed by atoms with Gasteiger partial charge in [0, 0.05) is 24.8 Å². The van der Waals surface area contributed by atoms with Gasteiger partial charge in [0.2, 0.25) is 0 Å². The van der Waals surface area contributed by atoms with Crippen LogP contribution in [0.4, 0.5) is 0 Å². The second kappa shape index (κ2) is 11.7. The van der Waals surface area contributed by atoms with Crippen LogP contribution in [0.3, 0.4) is 0 Å². The molecule has 0 radical (unpaired) electrons. The van der Waals surface area contributed by atoms with Crippen LogP contribution in [-0.2, 0) is 122 Å². The van der Waals surface area contributed by atoms with Crippen molar-refractivity contribution in [2.24, 2.45) is 16.2 Å². The third kappa shape index (κ3) is 2.59. The molecule has 4 heterocycles. The maximum absolute atomic E-state index is 18.2. The molecule has 0 bridgehead atoms. The van der Waals surface area contributed by atoms with Crippen LogP contribution >= 0.6 is 0 Å². The van der Waals surface area contributed by atoms with Crippen LogP contribution in [0.15, 0.2) is 73.3 Å². The zero-order valence-corrected chi connectivity index (χ0v) is 60.5. The van der Waals surface area contributed by atoms with E-state index in [0.29, 0.717) is 0 Å². The first kappa shape index (κ1) is 50.8. The molecule has 12 aromatic carbocycles. The fraction of sp³-hybridized carbons (Fsp3) is 0.232. The minimum Gasteiger partial charge on any atom is -0.468 e. The predicted octanol–water partition coefficient (Wildman–Crippen LogP) is 12.5. The van der Waals surface area contributed by atoms with E-state index in [-0.39, 0.29) is 13.2 Å². The highest BCUT2D eigenvalue weighted by Crippen LogP contribution is 3.14. The van der Waals surface area contributed by atoms with Crippen LogP contribution in [-0.4, -0.2) is 97.4 Å². The summed E-state index contributed by atoms with van der Waals surface area (Å²) < 4.78 is 41.1. The lowest BCUT2D eigenvalue weighted by molar-refractivity contribution is -0.167. The Morgan fingerprint density at radius 3 is 0.626 bits per heavy atom. The number of hydrogen-bond acceptors (Lipinski definition) is 16. The number of aromatic nitrogens is 4. The number of rotatable bonds is 8. The van der Waals surface area contributed by atoms with Gasteiger partial charge in [0.05, 0.1) is 129 Å². The molecule has 8 atom stereocenters. The van der Waals surface area contributed by atoms with E-state index < -0.39 is 117 Å². The lowest BCUT2D eigenvalue weighted by Gasteiger charge is -2.37. The summed E-state index contributed by atoms with van der Waals surface area (Å²) in [5.74, 6) is -3.93. The van der Waals surface area contributed by atoms with Crippen LogP contribution in [0.1, 0.15) is 147 Å². The second-order valence-corrected chi connectivity index (χ2v) is 39.0. The lowest BCUT2D eigenvalue weighted by Crippen LogP contribution is -2.39. The van der Waals surface area contributed by atoms with Crippen molar-refractivity contribution in [2.45, 2.75) is 78.8 Å². The fourth-order valence-corrected chi connectivity index (χ4v) is 41.5. The Morgan fingerprint density at radius 1 is 0.235 bits per heavy atom. The normalized spacial score (nSPS) is 32.9. The van der Waals surface area contributed by atoms with Crippen molar-refractivity contribution in [3.63, 3.8) is 0 Å². The molecular formula is C99H34N4O12. The van der Waals surface area contributed by atoms with Gasteiger partial charge in [0.1, 0.15) is 0 Å². The standard InChI is InChI=1S/C99H34N4O12/c1-7-114-83(108)99(84(109)115-8-2)93-61-37-29-26-25-27-31-33(29)57-41(61)45-65-49-47-63-43-39(55(31)87(57)85(89(63,65)87)21-13-9-17-100-75(21)76-22(85)14-10-18-101-76)59-35(27)36-28(25)32-34-30(26)38(37)62-42-46-66-50-48-64-44-40(56(32)88(58(34)42)86(90(64,66)88)23-15-11-19-102-77(23)78-24(86)16-12-20-103-78)60(36)92-68(44)52-51(67(43)91(59,92)97(92,79(104)110-3)80(105)111-4)71(47)95(72(48)52)96(98(95,81(106)112-5)82(107)113-6)73(49)53(69(45)93)54(74(50)96)70(46)94(62,93)99/h9-20H,7-8H2,1-6H3. The molecular weight excluding hydrogens is 1440 g/mol. The molecule has 16 heteroatoms. The van der Waals surface area contributed by atoms with Crippen molar-refractivity contribution < 1.29 is 57.2 Å². The number of carbonyl (C=O) groups excluding carboxylic acids is 6. The van der Waals surface area contributed by atoms with Crippen molar-refractivity contribution in [2.75, 3.05) is 41.7 Å². The van der Waals surface area contributed by atoms with Crippen LogP contribution < -0.4 is 0 Å². The van der Waals surface area contributed by atoms with Gasteiger partial charge in [-0.1, -0.05) is 24.3 Å². The minimum atomic E-state index is -2.23. The van der Waals surface area contributed by atoms with Crippen molar-refractivity contribution in [1.82, 2.24) is 19.9 Å². The van der Waals surface area contributed by atoms with Gasteiger partial charge in [0.25, 0.3) is 0 Å². The van der Waals surface area contributed by atoms with Crippen molar-refractivity contribution in [3.05, 3.63) is 207 Å². The molecule has 0 aliphatic heterocycles. The molecule has 27 aliphatic rings. The van der Waals surface area contributed by atoms with Crippen molar-refractivity contribution in [1.29, 1.82) is 0 Å². The molecule has 115 heavy (non-hydrogen) atoms. The summed E-state index contributed by atoms with van der Waals surface area (Å²) >= 11 is 0. The van der Waals surface area contributed by atoms with Crippen LogP contribution in [0, 0.1) is 16.2 Å². The maximum atomic E-state index is 18.2. The van der Waals surface area contributed by atoms with Crippen molar-refractivity contribution >= 4 is 111 Å². The van der Waals surface area contributed by atoms with Gasteiger partial charge in [-0.2, -0.15) is 0 Å². The molecule has 0 amide bonds. The Balaban J connectivity index is 0.905. The molecule has 4 aromatic heterocycles. The van der Waals surface area contributed by atoms with Crippen LogP contribution in [0.5, 0.6) is 0 Å². The summed E-state index contributed by atoms with van der Waals surface area (Å²) in [5.41, 5.74) is 20.5. The second-order valence-electron chi connectivity index (χ2n) is 39.0. The quantitative estimate of drug-likeness (QED) is 0.0599. The number of nitrogens with zero attached hydrogens (tertiary/aromatic N) is 4. The molecule has 522 valence electrons. The van der Waals surface area contributed by atoms with E-state index in [9.17, 15) is 0 Å². The number of methoxy groups -OCH3 is 4. The van der Waals surface area contributed by atoms with Gasteiger partial charge in [-0.15, -0.1) is 0 Å². The third-order valence-electron chi connectivity index (χ3n) is 40.3. The number of ether oxygens (including phenoxy) is 6. The van der Waals surface area contributed by atoms with E-state index >= 15 is 28.8 Å². The van der Waals surface area contributed by atoms with E-state index in [1.807, 2.05) is 38.6 Å². The molecule has 12 spiro atoms. The number of carbonyl (C=O) groups is 6. The Labute approximate surface area is 640 Å². The first-order valence-electron chi connectivity index (χ1n) is 40.8. The summed E-state index contributed by atoms with van der Waals surface area (Å²) in [5, 5.41) is 16.2. The van der Waals surface area contributed by atoms with E-state index in [4.69, 9.17) is 48.4 Å². The molecule has 16 nitrogen and oxygen atoms in total. The monoisotopic (exact) mass is 1470 g/mol. The molecule has 16 aromatic rings. The first-order chi connectivity index (χ1) is 56.5. The van der Waals surface area contributed by atoms with Gasteiger partial charge in [-0.25, -0.2) is 0 Å². The lowest BCUT2D eigenvalue weighted by atomic mass is 9.63. The van der Waals surface area contributed by atoms with Gasteiger partial charge >= 0.3 is 35.8 Å². The Hall–Kier alpha value is -13.1. The highest BCUT2D eigenvalue weighted by Gasteiger charge is 3.14. The molecule has 5 fully saturated rings. The highest BCUT2D eigenvalue weighted by atomic mass is 16.6. The number of benzene rings is 10. The summed E-state index contributed by atoms with van der Waals surface area (Å²) in [4.78, 5) is 130. The SMILES string of the molecule is CCOC(=O)C1(C(=O)OCC)C23c4c5c6c7c8c4-c4c2c2c9c%10c%11c%12c%13c%14c%15c%16c%17c%18c%19c%20c%21c%22c%23c(c4C%224C%22(c%24cccnc%24-c%24ncccc%24%22)C84c4c-7c7c8c(c4-%21)C%204C(C(=O)OC)(C(=O)OC)C%174c4c-8c8c%17c(c4-%16)C4(c%16c-%17c(c-5c(c%16-%11)C%1013)C61C(C(=O)OC)(C(=O)OC)C781)C1(c3cccnc3-c3ncccc31)C%15%124)c2c(c9%13)c(c%19%23)c%18%14. The molecule has 5 saturated carbocycles. The Kier molecular flexibility index (Phi) is 5.19. The highest BCUT2D eigenvalue weighted by molar-refractivity contribution is 6.62. The molecule has 8 unspecified atom stereocenters. The summed E-state index contributed by atoms with van der Waals surface area (Å²) in [6, 6.07) is 17.8. The van der Waals surface area contributed by atoms with Gasteiger partial charge < -0.3 is 28.4 Å². The first-order valence-corrected chi connectivity index (χ1v) is 40.8. The van der Waals surface area contributed by atoms with Gasteiger partial charge in [0.15, 0.2) is 16.2 Å². The van der Waals surface area contributed by atoms with E-state index in [1.165, 1.54) is 93.8 Å². The summed E-state index contributed by atoms with van der Waals surface area (Å²) in [6.07, 6.45) is 7.64. The Morgan fingerprint density at radius 2 is 0.409 bits per heavy atom. The fourth-order valence-electron chi connectivity index (χ4n) is 41.5. The van der Waals surface area contributed by atoms with Gasteiger partial charge in [-0.05, 0) is 336 Å². The molecule has 0 saturated heterocycles. The number of fused-ring (bicyclic) bond motifs is 10. The van der Waals surface area contributed by atoms with Gasteiger partial charge in [-0.3, -0.25) is 48.7 Å². The minimum absolute atomic E-state index is 0.0149. The zero-order valence-electron chi connectivity index (χ0n) is 60.5. The predicted molar refractivity (Wildman–Crippen MR) is 404 cm³/mol. The number of pyridine rings is 4. The van der Waals surface area contributed by atoms with E-state index in [0.717, 1.165) is 255 Å². The average Bonchev–Trinajstić information content (AvgIpc) is 1.31. The smallest absolute Gasteiger partial charge is 0.326 e. The largest absolute Gasteiger partial charge is 0.468 e. The topological polar surface area (TPSA) is 209 Å². The summed E-state index contributed by atoms with van der Waals surface area (Å²) in [7, 11) is 5.83. The summed E-state index contributed by atoms with van der Waals surface area (Å²) in [6.45, 7) is 3.71. The van der Waals surface area contributed by atoms with E-state index in [1.54, 1.807) is 0 Å². The molecule has 27 aliphatic carbocycles. The number of hydrogen-bond donors (Lipinski definition) is 0. The van der Waals surface area contributed by atoms with Crippen LogP contribution in [0.2, 0.25) is 0 Å². The van der Waals surface area contributed by atoms with Crippen molar-refractivity contribution in [3.8, 4) is 112 Å². The van der Waals surface area contributed by atoms with E-state index in [2.05, 4.69) is 48.5 Å². The molecule has 0 N–H and O–H groups in total.